The highest BCUT2D eigenvalue weighted by Gasteiger charge is 2.25. The number of rotatable bonds is 2. The van der Waals surface area contributed by atoms with Gasteiger partial charge in [-0.05, 0) is 25.1 Å². The van der Waals surface area contributed by atoms with Crippen molar-refractivity contribution in [2.24, 2.45) is 4.99 Å². The number of ether oxygens (including phenoxy) is 1. The Morgan fingerprint density at radius 3 is 3.09 bits per heavy atom. The molecule has 0 unspecified atom stereocenters. The summed E-state index contributed by atoms with van der Waals surface area (Å²) in [4.78, 5) is 21.4. The standard InChI is InChI=1S/C16H10ClN3O2S/c1-9-3-2-4-10(7-9)14-18-11(15(21)22-14)8-12-13(17)19-16-20(12)5-6-23-16/h2-8H,1H3/b11-8+. The van der Waals surface area contributed by atoms with E-state index in [4.69, 9.17) is 16.3 Å². The lowest BCUT2D eigenvalue weighted by atomic mass is 10.1. The monoisotopic (exact) mass is 343 g/mol. The lowest BCUT2D eigenvalue weighted by Crippen LogP contribution is -2.05. The molecular weight excluding hydrogens is 334 g/mol. The molecule has 0 saturated heterocycles. The summed E-state index contributed by atoms with van der Waals surface area (Å²) in [5, 5.41) is 2.23. The fourth-order valence-corrected chi connectivity index (χ4v) is 3.34. The minimum atomic E-state index is -0.497. The highest BCUT2D eigenvalue weighted by Crippen LogP contribution is 2.26. The van der Waals surface area contributed by atoms with Crippen LogP contribution < -0.4 is 0 Å². The molecule has 0 fully saturated rings. The number of hydrogen-bond donors (Lipinski definition) is 0. The number of carbonyl (C=O) groups excluding carboxylic acids is 1. The molecule has 0 aliphatic carbocycles. The van der Waals surface area contributed by atoms with Crippen molar-refractivity contribution >= 4 is 45.8 Å². The topological polar surface area (TPSA) is 56.0 Å². The lowest BCUT2D eigenvalue weighted by Gasteiger charge is -1.99. The summed E-state index contributed by atoms with van der Waals surface area (Å²) in [5.41, 5.74) is 2.65. The minimum absolute atomic E-state index is 0.205. The number of nitrogens with zero attached hydrogens (tertiary/aromatic N) is 3. The number of cyclic esters (lactones) is 1. The molecule has 7 heteroatoms. The molecule has 0 saturated carbocycles. The van der Waals surface area contributed by atoms with Gasteiger partial charge in [0, 0.05) is 17.1 Å². The van der Waals surface area contributed by atoms with Gasteiger partial charge in [0.2, 0.25) is 5.90 Å². The van der Waals surface area contributed by atoms with E-state index in [-0.39, 0.29) is 5.70 Å². The third-order valence-electron chi connectivity index (χ3n) is 3.41. The Morgan fingerprint density at radius 2 is 2.26 bits per heavy atom. The van der Waals surface area contributed by atoms with Crippen molar-refractivity contribution in [3.05, 3.63) is 63.5 Å². The number of hydrogen-bond acceptors (Lipinski definition) is 5. The fraction of sp³-hybridized carbons (Fsp3) is 0.0625. The lowest BCUT2D eigenvalue weighted by molar-refractivity contribution is -0.129. The van der Waals surface area contributed by atoms with E-state index in [1.54, 1.807) is 6.08 Å². The number of aromatic nitrogens is 2. The molecule has 2 aromatic heterocycles. The van der Waals surface area contributed by atoms with Crippen molar-refractivity contribution in [2.75, 3.05) is 0 Å². The Hall–Kier alpha value is -2.44. The number of carbonyl (C=O) groups is 1. The first-order valence-electron chi connectivity index (χ1n) is 6.82. The molecule has 0 amide bonds. The molecule has 1 aliphatic rings. The van der Waals surface area contributed by atoms with Gasteiger partial charge in [0.25, 0.3) is 0 Å². The van der Waals surface area contributed by atoms with Crippen molar-refractivity contribution in [1.29, 1.82) is 0 Å². The van der Waals surface area contributed by atoms with E-state index in [0.29, 0.717) is 16.7 Å². The first-order chi connectivity index (χ1) is 11.1. The van der Waals surface area contributed by atoms with Crippen LogP contribution in [0.1, 0.15) is 16.8 Å². The van der Waals surface area contributed by atoms with Crippen molar-refractivity contribution in [3.8, 4) is 0 Å². The zero-order valence-corrected chi connectivity index (χ0v) is 13.6. The van der Waals surface area contributed by atoms with Crippen LogP contribution in [-0.2, 0) is 9.53 Å². The van der Waals surface area contributed by atoms with Gasteiger partial charge in [0.1, 0.15) is 0 Å². The minimum Gasteiger partial charge on any atom is -0.402 e. The van der Waals surface area contributed by atoms with Gasteiger partial charge in [0.15, 0.2) is 15.8 Å². The van der Waals surface area contributed by atoms with Crippen LogP contribution in [0.2, 0.25) is 5.15 Å². The second-order valence-corrected chi connectivity index (χ2v) is 6.28. The van der Waals surface area contributed by atoms with Crippen molar-refractivity contribution in [2.45, 2.75) is 6.92 Å². The molecule has 114 valence electrons. The highest BCUT2D eigenvalue weighted by atomic mass is 35.5. The van der Waals surface area contributed by atoms with Crippen molar-refractivity contribution < 1.29 is 9.53 Å². The average molecular weight is 344 g/mol. The van der Waals surface area contributed by atoms with Gasteiger partial charge in [0.05, 0.1) is 5.69 Å². The van der Waals surface area contributed by atoms with Gasteiger partial charge in [-0.1, -0.05) is 29.3 Å². The maximum atomic E-state index is 12.1. The van der Waals surface area contributed by atoms with Gasteiger partial charge in [-0.25, -0.2) is 14.8 Å². The molecule has 0 N–H and O–H groups in total. The Bertz CT molecular complexity index is 1000. The van der Waals surface area contributed by atoms with Gasteiger partial charge in [-0.15, -0.1) is 11.3 Å². The van der Waals surface area contributed by atoms with Gasteiger partial charge in [-0.2, -0.15) is 0 Å². The smallest absolute Gasteiger partial charge is 0.363 e. The number of esters is 1. The summed E-state index contributed by atoms with van der Waals surface area (Å²) in [7, 11) is 0. The van der Waals surface area contributed by atoms with Crippen LogP contribution >= 0.6 is 22.9 Å². The average Bonchev–Trinajstić information content (AvgIpc) is 3.18. The maximum absolute atomic E-state index is 12.1. The van der Waals surface area contributed by atoms with E-state index in [9.17, 15) is 4.79 Å². The molecule has 0 atom stereocenters. The largest absolute Gasteiger partial charge is 0.402 e. The molecule has 1 aromatic carbocycles. The molecular formula is C16H10ClN3O2S. The van der Waals surface area contributed by atoms with Crippen LogP contribution in [0.5, 0.6) is 0 Å². The van der Waals surface area contributed by atoms with E-state index in [2.05, 4.69) is 9.98 Å². The molecule has 3 aromatic rings. The predicted octanol–water partition coefficient (Wildman–Crippen LogP) is 3.70. The normalized spacial score (nSPS) is 16.2. The summed E-state index contributed by atoms with van der Waals surface area (Å²) < 4.78 is 7.08. The molecule has 0 spiro atoms. The number of aliphatic imine (C=N–C) groups is 1. The number of imidazole rings is 1. The highest BCUT2D eigenvalue weighted by molar-refractivity contribution is 7.15. The van der Waals surface area contributed by atoms with Crippen LogP contribution in [-0.4, -0.2) is 21.3 Å². The summed E-state index contributed by atoms with van der Waals surface area (Å²) in [5.74, 6) is -0.199. The molecule has 1 aliphatic heterocycles. The first-order valence-corrected chi connectivity index (χ1v) is 8.08. The van der Waals surface area contributed by atoms with Crippen LogP contribution in [0.25, 0.3) is 11.0 Å². The fourth-order valence-electron chi connectivity index (χ4n) is 2.35. The van der Waals surface area contributed by atoms with E-state index >= 15 is 0 Å². The Morgan fingerprint density at radius 1 is 1.39 bits per heavy atom. The SMILES string of the molecule is Cc1cccc(C2=N/C(=C/c3c(Cl)nc4sccn34)C(=O)O2)c1. The second-order valence-electron chi connectivity index (χ2n) is 5.05. The van der Waals surface area contributed by atoms with Crippen molar-refractivity contribution in [3.63, 3.8) is 0 Å². The number of aryl methyl sites for hydroxylation is 1. The number of halogens is 1. The van der Waals surface area contributed by atoms with Crippen molar-refractivity contribution in [1.82, 2.24) is 9.38 Å². The molecule has 23 heavy (non-hydrogen) atoms. The quantitative estimate of drug-likeness (QED) is 0.526. The molecule has 0 radical (unpaired) electrons. The summed E-state index contributed by atoms with van der Waals surface area (Å²) in [6.07, 6.45) is 3.44. The summed E-state index contributed by atoms with van der Waals surface area (Å²) in [6.45, 7) is 1.97. The van der Waals surface area contributed by atoms with E-state index in [0.717, 1.165) is 16.1 Å². The molecule has 4 rings (SSSR count). The second kappa shape index (κ2) is 5.33. The summed E-state index contributed by atoms with van der Waals surface area (Å²) in [6, 6.07) is 7.63. The number of benzene rings is 1. The van der Waals surface area contributed by atoms with E-state index in [1.807, 2.05) is 47.2 Å². The third kappa shape index (κ3) is 2.46. The number of fused-ring (bicyclic) bond motifs is 1. The van der Waals surface area contributed by atoms with Crippen LogP contribution in [0.3, 0.4) is 0 Å². The first kappa shape index (κ1) is 14.2. The molecule has 0 bridgehead atoms. The zero-order chi connectivity index (χ0) is 16.0. The maximum Gasteiger partial charge on any atom is 0.363 e. The van der Waals surface area contributed by atoms with Crippen LogP contribution in [0.15, 0.2) is 46.5 Å². The third-order valence-corrected chi connectivity index (χ3v) is 4.45. The predicted molar refractivity (Wildman–Crippen MR) is 89.9 cm³/mol. The molecule has 3 heterocycles. The van der Waals surface area contributed by atoms with Crippen LogP contribution in [0.4, 0.5) is 0 Å². The Kier molecular flexibility index (Phi) is 3.28. The van der Waals surface area contributed by atoms with E-state index < -0.39 is 5.97 Å². The van der Waals surface area contributed by atoms with Gasteiger partial charge >= 0.3 is 5.97 Å². The number of thiazole rings is 1. The molecule has 5 nitrogen and oxygen atoms in total. The Balaban J connectivity index is 1.78. The summed E-state index contributed by atoms with van der Waals surface area (Å²) >= 11 is 7.61. The van der Waals surface area contributed by atoms with E-state index in [1.165, 1.54) is 11.3 Å². The van der Waals surface area contributed by atoms with Gasteiger partial charge in [-0.3, -0.25) is 4.40 Å². The van der Waals surface area contributed by atoms with Gasteiger partial charge < -0.3 is 4.74 Å². The zero-order valence-electron chi connectivity index (χ0n) is 12.0. The van der Waals surface area contributed by atoms with Crippen LogP contribution in [0, 0.1) is 6.92 Å². The Labute approximate surface area is 140 Å².